The number of esters is 1. The van der Waals surface area contributed by atoms with E-state index < -0.39 is 12.1 Å². The Morgan fingerprint density at radius 3 is 2.52 bits per heavy atom. The van der Waals surface area contributed by atoms with E-state index in [1.165, 1.54) is 5.56 Å². The normalized spacial score (nSPS) is 14.6. The predicted molar refractivity (Wildman–Crippen MR) is 96.4 cm³/mol. The van der Waals surface area contributed by atoms with E-state index in [1.807, 2.05) is 44.2 Å². The second-order valence-corrected chi connectivity index (χ2v) is 6.57. The van der Waals surface area contributed by atoms with E-state index in [2.05, 4.69) is 6.07 Å². The number of hydrogen-bond acceptors (Lipinski definition) is 3. The van der Waals surface area contributed by atoms with Crippen molar-refractivity contribution < 1.29 is 14.3 Å². The van der Waals surface area contributed by atoms with Crippen LogP contribution in [0.25, 0.3) is 0 Å². The minimum Gasteiger partial charge on any atom is -0.449 e. The molecule has 0 saturated carbocycles. The van der Waals surface area contributed by atoms with Crippen LogP contribution in [0.15, 0.2) is 42.5 Å². The van der Waals surface area contributed by atoms with Gasteiger partial charge in [-0.05, 0) is 55.5 Å². The summed E-state index contributed by atoms with van der Waals surface area (Å²) in [5, 5.41) is 0. The molecule has 0 bridgehead atoms. The van der Waals surface area contributed by atoms with Gasteiger partial charge < -0.3 is 9.64 Å². The predicted octanol–water partition coefficient (Wildman–Crippen LogP) is 3.43. The maximum absolute atomic E-state index is 12.7. The highest BCUT2D eigenvalue weighted by molar-refractivity contribution is 5.93. The smallest absolute Gasteiger partial charge is 0.339 e. The number of ether oxygens (including phenoxy) is 1. The molecule has 4 heteroatoms. The number of nitrogens with zero attached hydrogens (tertiary/aromatic N) is 1. The van der Waals surface area contributed by atoms with Crippen LogP contribution in [0, 0.1) is 13.8 Å². The fourth-order valence-electron chi connectivity index (χ4n) is 3.19. The monoisotopic (exact) mass is 337 g/mol. The lowest BCUT2D eigenvalue weighted by Gasteiger charge is -2.30. The van der Waals surface area contributed by atoms with Gasteiger partial charge in [-0.2, -0.15) is 0 Å². The third kappa shape index (κ3) is 3.58. The number of rotatable bonds is 3. The van der Waals surface area contributed by atoms with E-state index in [1.54, 1.807) is 17.9 Å². The fraction of sp³-hybridized carbons (Fsp3) is 0.333. The molecular weight excluding hydrogens is 314 g/mol. The largest absolute Gasteiger partial charge is 0.449 e. The molecule has 0 aliphatic carbocycles. The number of fused-ring (bicyclic) bond motifs is 1. The molecule has 1 heterocycles. The maximum Gasteiger partial charge on any atom is 0.339 e. The quantitative estimate of drug-likeness (QED) is 0.806. The lowest BCUT2D eigenvalue weighted by Crippen LogP contribution is -2.42. The number of amides is 1. The van der Waals surface area contributed by atoms with E-state index in [0.717, 1.165) is 23.1 Å². The minimum atomic E-state index is -0.794. The molecule has 0 aromatic heterocycles. The Morgan fingerprint density at radius 2 is 1.76 bits per heavy atom. The van der Waals surface area contributed by atoms with Crippen LogP contribution in [0.1, 0.15) is 39.5 Å². The SMILES string of the molecule is Cc1cccc(C(=O)OC(C)C(=O)N2CCc3ccccc3C2)c1C. The molecule has 0 saturated heterocycles. The Morgan fingerprint density at radius 1 is 1.04 bits per heavy atom. The van der Waals surface area contributed by atoms with Crippen LogP contribution in [0.4, 0.5) is 0 Å². The average Bonchev–Trinajstić information content (AvgIpc) is 2.62. The van der Waals surface area contributed by atoms with Crippen molar-refractivity contribution >= 4 is 11.9 Å². The molecule has 0 radical (unpaired) electrons. The van der Waals surface area contributed by atoms with E-state index in [4.69, 9.17) is 4.74 Å². The highest BCUT2D eigenvalue weighted by Crippen LogP contribution is 2.20. The van der Waals surface area contributed by atoms with Gasteiger partial charge in [0.15, 0.2) is 6.10 Å². The van der Waals surface area contributed by atoms with Gasteiger partial charge in [-0.3, -0.25) is 4.79 Å². The summed E-state index contributed by atoms with van der Waals surface area (Å²) in [6, 6.07) is 13.7. The van der Waals surface area contributed by atoms with E-state index >= 15 is 0 Å². The zero-order chi connectivity index (χ0) is 18.0. The molecular formula is C21H23NO3. The summed E-state index contributed by atoms with van der Waals surface area (Å²) in [6.07, 6.45) is 0.0391. The lowest BCUT2D eigenvalue weighted by atomic mass is 9.99. The number of hydrogen-bond donors (Lipinski definition) is 0. The van der Waals surface area contributed by atoms with Crippen molar-refractivity contribution in [1.82, 2.24) is 4.90 Å². The summed E-state index contributed by atoms with van der Waals surface area (Å²) in [4.78, 5) is 26.9. The van der Waals surface area contributed by atoms with Crippen molar-refractivity contribution in [3.05, 3.63) is 70.3 Å². The van der Waals surface area contributed by atoms with Crippen LogP contribution >= 0.6 is 0 Å². The summed E-state index contributed by atoms with van der Waals surface area (Å²) in [7, 11) is 0. The van der Waals surface area contributed by atoms with Crippen LogP contribution in [0.2, 0.25) is 0 Å². The Hall–Kier alpha value is -2.62. The molecule has 1 unspecified atom stereocenters. The molecule has 1 atom stereocenters. The van der Waals surface area contributed by atoms with Gasteiger partial charge in [-0.1, -0.05) is 36.4 Å². The van der Waals surface area contributed by atoms with Gasteiger partial charge in [0, 0.05) is 13.1 Å². The summed E-state index contributed by atoms with van der Waals surface area (Å²) >= 11 is 0. The Labute approximate surface area is 148 Å². The van der Waals surface area contributed by atoms with Crippen LogP contribution in [-0.4, -0.2) is 29.4 Å². The zero-order valence-electron chi connectivity index (χ0n) is 14.9. The molecule has 2 aromatic carbocycles. The highest BCUT2D eigenvalue weighted by Gasteiger charge is 2.27. The third-order valence-electron chi connectivity index (χ3n) is 4.90. The van der Waals surface area contributed by atoms with Crippen molar-refractivity contribution in [2.45, 2.75) is 39.8 Å². The third-order valence-corrected chi connectivity index (χ3v) is 4.90. The van der Waals surface area contributed by atoms with Crippen LogP contribution in [-0.2, 0) is 22.5 Å². The number of benzene rings is 2. The highest BCUT2D eigenvalue weighted by atomic mass is 16.5. The number of carbonyl (C=O) groups is 2. The summed E-state index contributed by atoms with van der Waals surface area (Å²) in [6.45, 7) is 6.71. The van der Waals surface area contributed by atoms with Crippen molar-refractivity contribution in [2.75, 3.05) is 6.54 Å². The van der Waals surface area contributed by atoms with Crippen LogP contribution in [0.5, 0.6) is 0 Å². The molecule has 1 amide bonds. The van der Waals surface area contributed by atoms with Gasteiger partial charge in [0.1, 0.15) is 0 Å². The molecule has 0 N–H and O–H groups in total. The second-order valence-electron chi connectivity index (χ2n) is 6.57. The van der Waals surface area contributed by atoms with E-state index in [9.17, 15) is 9.59 Å². The van der Waals surface area contributed by atoms with Crippen molar-refractivity contribution in [1.29, 1.82) is 0 Å². The van der Waals surface area contributed by atoms with Crippen molar-refractivity contribution in [2.24, 2.45) is 0 Å². The van der Waals surface area contributed by atoms with Gasteiger partial charge in [0.2, 0.25) is 0 Å². The fourth-order valence-corrected chi connectivity index (χ4v) is 3.19. The first kappa shape index (κ1) is 17.2. The van der Waals surface area contributed by atoms with Gasteiger partial charge >= 0.3 is 5.97 Å². The standard InChI is InChI=1S/C21H23NO3/c1-14-7-6-10-19(15(14)2)21(24)25-16(3)20(23)22-12-11-17-8-4-5-9-18(17)13-22/h4-10,16H,11-13H2,1-3H3. The first-order valence-corrected chi connectivity index (χ1v) is 8.60. The Balaban J connectivity index is 1.67. The summed E-state index contributed by atoms with van der Waals surface area (Å²) < 4.78 is 5.45. The molecule has 3 rings (SSSR count). The first-order valence-electron chi connectivity index (χ1n) is 8.60. The molecule has 1 aliphatic rings. The molecule has 130 valence electrons. The molecule has 2 aromatic rings. The Bertz CT molecular complexity index is 813. The molecule has 25 heavy (non-hydrogen) atoms. The van der Waals surface area contributed by atoms with Gasteiger partial charge in [0.05, 0.1) is 5.56 Å². The maximum atomic E-state index is 12.7. The van der Waals surface area contributed by atoms with Crippen LogP contribution < -0.4 is 0 Å². The number of carbonyl (C=O) groups excluding carboxylic acids is 2. The Kier molecular flexibility index (Phi) is 4.88. The topological polar surface area (TPSA) is 46.6 Å². The van der Waals surface area contributed by atoms with Gasteiger partial charge in [0.25, 0.3) is 5.91 Å². The summed E-state index contributed by atoms with van der Waals surface area (Å²) in [5.74, 6) is -0.590. The lowest BCUT2D eigenvalue weighted by molar-refractivity contribution is -0.140. The summed E-state index contributed by atoms with van der Waals surface area (Å²) in [5.41, 5.74) is 4.88. The van der Waals surface area contributed by atoms with E-state index in [0.29, 0.717) is 18.7 Å². The molecule has 0 spiro atoms. The molecule has 0 fully saturated rings. The zero-order valence-corrected chi connectivity index (χ0v) is 14.9. The van der Waals surface area contributed by atoms with Gasteiger partial charge in [-0.25, -0.2) is 4.79 Å². The second kappa shape index (κ2) is 7.09. The van der Waals surface area contributed by atoms with Crippen molar-refractivity contribution in [3.8, 4) is 0 Å². The van der Waals surface area contributed by atoms with Crippen LogP contribution in [0.3, 0.4) is 0 Å². The minimum absolute atomic E-state index is 0.145. The number of aryl methyl sites for hydroxylation is 1. The first-order chi connectivity index (χ1) is 12.0. The molecule has 4 nitrogen and oxygen atoms in total. The van der Waals surface area contributed by atoms with Gasteiger partial charge in [-0.15, -0.1) is 0 Å². The van der Waals surface area contributed by atoms with Crippen molar-refractivity contribution in [3.63, 3.8) is 0 Å². The average molecular weight is 337 g/mol. The van der Waals surface area contributed by atoms with E-state index in [-0.39, 0.29) is 5.91 Å². The molecule has 1 aliphatic heterocycles.